The second kappa shape index (κ2) is 7.90. The highest BCUT2D eigenvalue weighted by molar-refractivity contribution is 6.02. The average molecular weight is 419 g/mol. The summed E-state index contributed by atoms with van der Waals surface area (Å²) in [6, 6.07) is 14.3. The first-order chi connectivity index (χ1) is 15.2. The number of aromatic nitrogens is 2. The molecule has 2 aliphatic heterocycles. The standard InChI is InChI=1S/C21H17N5O5/c27-18(22-14-4-2-1-3-5-14)11-26-19(28)9-7-15(24-26)21-23-20(25-31-21)13-6-8-16-17(10-13)30-12-29-16/h1-6,8,10H,7,9,11-12H2,(H,22,27). The van der Waals surface area contributed by atoms with Crippen LogP contribution in [-0.4, -0.2) is 46.0 Å². The Labute approximate surface area is 176 Å². The van der Waals surface area contributed by atoms with E-state index in [1.54, 1.807) is 30.3 Å². The largest absolute Gasteiger partial charge is 0.454 e. The van der Waals surface area contributed by atoms with Gasteiger partial charge < -0.3 is 19.3 Å². The number of rotatable bonds is 5. The fourth-order valence-corrected chi connectivity index (χ4v) is 3.23. The van der Waals surface area contributed by atoms with Gasteiger partial charge in [-0.05, 0) is 30.3 Å². The molecule has 10 heteroatoms. The number of nitrogens with one attached hydrogen (secondary N) is 1. The maximum Gasteiger partial charge on any atom is 0.274 e. The highest BCUT2D eigenvalue weighted by Crippen LogP contribution is 2.35. The minimum atomic E-state index is -0.351. The van der Waals surface area contributed by atoms with E-state index in [-0.39, 0.29) is 37.5 Å². The van der Waals surface area contributed by atoms with Crippen LogP contribution in [0.25, 0.3) is 11.4 Å². The third-order valence-corrected chi connectivity index (χ3v) is 4.76. The van der Waals surface area contributed by atoms with E-state index in [0.717, 1.165) is 5.01 Å². The molecule has 0 saturated carbocycles. The fourth-order valence-electron chi connectivity index (χ4n) is 3.23. The van der Waals surface area contributed by atoms with Gasteiger partial charge in [-0.15, -0.1) is 0 Å². The molecule has 10 nitrogen and oxygen atoms in total. The summed E-state index contributed by atoms with van der Waals surface area (Å²) in [6.45, 7) is -0.0326. The molecule has 2 amide bonds. The summed E-state index contributed by atoms with van der Waals surface area (Å²) in [6.07, 6.45) is 0.539. The molecule has 0 bridgehead atoms. The van der Waals surface area contributed by atoms with Gasteiger partial charge in [0.15, 0.2) is 11.5 Å². The van der Waals surface area contributed by atoms with Gasteiger partial charge in [-0.1, -0.05) is 23.4 Å². The molecule has 0 radical (unpaired) electrons. The van der Waals surface area contributed by atoms with Gasteiger partial charge in [0.05, 0.1) is 0 Å². The van der Waals surface area contributed by atoms with Crippen LogP contribution >= 0.6 is 0 Å². The van der Waals surface area contributed by atoms with E-state index in [4.69, 9.17) is 14.0 Å². The molecule has 1 aromatic heterocycles. The van der Waals surface area contributed by atoms with Crippen LogP contribution in [0.2, 0.25) is 0 Å². The summed E-state index contributed by atoms with van der Waals surface area (Å²) in [5, 5.41) is 12.1. The summed E-state index contributed by atoms with van der Waals surface area (Å²) in [7, 11) is 0. The predicted molar refractivity (Wildman–Crippen MR) is 108 cm³/mol. The third kappa shape index (κ3) is 3.95. The second-order valence-electron chi connectivity index (χ2n) is 6.90. The first kappa shape index (κ1) is 18.8. The number of benzene rings is 2. The van der Waals surface area contributed by atoms with Gasteiger partial charge in [0.1, 0.15) is 12.3 Å². The molecule has 31 heavy (non-hydrogen) atoms. The average Bonchev–Trinajstić information content (AvgIpc) is 3.45. The van der Waals surface area contributed by atoms with E-state index in [9.17, 15) is 9.59 Å². The fraction of sp³-hybridized carbons (Fsp3) is 0.190. The molecule has 0 spiro atoms. The maximum atomic E-state index is 12.3. The quantitative estimate of drug-likeness (QED) is 0.674. The molecule has 2 aromatic carbocycles. The molecular formula is C21H17N5O5. The van der Waals surface area contributed by atoms with Gasteiger partial charge in [-0.2, -0.15) is 10.1 Å². The molecule has 0 unspecified atom stereocenters. The number of hydrogen-bond donors (Lipinski definition) is 1. The number of hydrazone groups is 1. The molecule has 0 fully saturated rings. The van der Waals surface area contributed by atoms with E-state index < -0.39 is 0 Å². The molecule has 156 valence electrons. The minimum Gasteiger partial charge on any atom is -0.454 e. The summed E-state index contributed by atoms with van der Waals surface area (Å²) >= 11 is 0. The van der Waals surface area contributed by atoms with Crippen LogP contribution in [0.15, 0.2) is 58.2 Å². The van der Waals surface area contributed by atoms with Crippen LogP contribution in [0, 0.1) is 0 Å². The zero-order chi connectivity index (χ0) is 21.2. The van der Waals surface area contributed by atoms with Crippen LogP contribution in [-0.2, 0) is 9.59 Å². The van der Waals surface area contributed by atoms with Gasteiger partial charge in [-0.25, -0.2) is 5.01 Å². The lowest BCUT2D eigenvalue weighted by molar-refractivity contribution is -0.135. The molecular weight excluding hydrogens is 402 g/mol. The van der Waals surface area contributed by atoms with Crippen LogP contribution in [0.3, 0.4) is 0 Å². The second-order valence-corrected chi connectivity index (χ2v) is 6.90. The van der Waals surface area contributed by atoms with Gasteiger partial charge >= 0.3 is 0 Å². The number of para-hydroxylation sites is 1. The number of ether oxygens (including phenoxy) is 2. The first-order valence-electron chi connectivity index (χ1n) is 9.62. The van der Waals surface area contributed by atoms with Crippen LogP contribution in [0.5, 0.6) is 11.5 Å². The number of nitrogens with zero attached hydrogens (tertiary/aromatic N) is 4. The first-order valence-corrected chi connectivity index (χ1v) is 9.62. The van der Waals surface area contributed by atoms with Crippen molar-refractivity contribution in [3.05, 3.63) is 54.4 Å². The predicted octanol–water partition coefficient (Wildman–Crippen LogP) is 2.43. The van der Waals surface area contributed by atoms with E-state index in [0.29, 0.717) is 40.7 Å². The van der Waals surface area contributed by atoms with Crippen LogP contribution in [0.4, 0.5) is 5.69 Å². The molecule has 0 saturated heterocycles. The highest BCUT2D eigenvalue weighted by atomic mass is 16.7. The van der Waals surface area contributed by atoms with E-state index in [2.05, 4.69) is 20.6 Å². The topological polar surface area (TPSA) is 119 Å². The Morgan fingerprint density at radius 3 is 2.77 bits per heavy atom. The number of fused-ring (bicyclic) bond motifs is 1. The van der Waals surface area contributed by atoms with Gasteiger partial charge in [-0.3, -0.25) is 9.59 Å². The lowest BCUT2D eigenvalue weighted by Crippen LogP contribution is -2.38. The van der Waals surface area contributed by atoms with E-state index in [1.165, 1.54) is 0 Å². The zero-order valence-corrected chi connectivity index (χ0v) is 16.3. The van der Waals surface area contributed by atoms with Crippen molar-refractivity contribution in [1.29, 1.82) is 0 Å². The monoisotopic (exact) mass is 419 g/mol. The van der Waals surface area contributed by atoms with Crippen molar-refractivity contribution < 1.29 is 23.6 Å². The van der Waals surface area contributed by atoms with Crippen molar-refractivity contribution in [2.45, 2.75) is 12.8 Å². The Hall–Kier alpha value is -4.21. The molecule has 1 N–H and O–H groups in total. The van der Waals surface area contributed by atoms with E-state index in [1.807, 2.05) is 18.2 Å². The van der Waals surface area contributed by atoms with Crippen LogP contribution < -0.4 is 14.8 Å². The summed E-state index contributed by atoms with van der Waals surface area (Å²) in [4.78, 5) is 28.9. The molecule has 2 aliphatic rings. The Kier molecular flexibility index (Phi) is 4.79. The summed E-state index contributed by atoms with van der Waals surface area (Å²) < 4.78 is 16.0. The molecule has 3 aromatic rings. The van der Waals surface area contributed by atoms with Gasteiger partial charge in [0.25, 0.3) is 5.89 Å². The Balaban J connectivity index is 1.32. The molecule has 0 aliphatic carbocycles. The van der Waals surface area contributed by atoms with Crippen molar-refractivity contribution in [2.24, 2.45) is 5.10 Å². The van der Waals surface area contributed by atoms with Crippen LogP contribution in [0.1, 0.15) is 18.7 Å². The minimum absolute atomic E-state index is 0.175. The zero-order valence-electron chi connectivity index (χ0n) is 16.3. The molecule has 0 atom stereocenters. The SMILES string of the molecule is O=C(CN1N=C(c2nc(-c3ccc4c(c3)OCO4)no2)CCC1=O)Nc1ccccc1. The number of anilines is 1. The molecule has 3 heterocycles. The lowest BCUT2D eigenvalue weighted by Gasteiger charge is -2.21. The number of amides is 2. The third-order valence-electron chi connectivity index (χ3n) is 4.76. The lowest BCUT2D eigenvalue weighted by atomic mass is 10.1. The van der Waals surface area contributed by atoms with Crippen molar-refractivity contribution in [2.75, 3.05) is 18.7 Å². The molecule has 5 rings (SSSR count). The number of carbonyl (C=O) groups excluding carboxylic acids is 2. The van der Waals surface area contributed by atoms with E-state index >= 15 is 0 Å². The van der Waals surface area contributed by atoms with Crippen molar-refractivity contribution in [3.8, 4) is 22.9 Å². The maximum absolute atomic E-state index is 12.3. The number of carbonyl (C=O) groups is 2. The Morgan fingerprint density at radius 2 is 1.90 bits per heavy atom. The summed E-state index contributed by atoms with van der Waals surface area (Å²) in [5.74, 6) is 1.24. The van der Waals surface area contributed by atoms with Crippen molar-refractivity contribution in [3.63, 3.8) is 0 Å². The van der Waals surface area contributed by atoms with Gasteiger partial charge in [0.2, 0.25) is 24.4 Å². The summed E-state index contributed by atoms with van der Waals surface area (Å²) in [5.41, 5.74) is 1.80. The van der Waals surface area contributed by atoms with Gasteiger partial charge in [0, 0.05) is 24.1 Å². The van der Waals surface area contributed by atoms with Crippen molar-refractivity contribution in [1.82, 2.24) is 15.1 Å². The Bertz CT molecular complexity index is 1170. The normalized spacial score (nSPS) is 15.0. The smallest absolute Gasteiger partial charge is 0.274 e. The number of hydrogen-bond acceptors (Lipinski definition) is 8. The highest BCUT2D eigenvalue weighted by Gasteiger charge is 2.26. The Morgan fingerprint density at radius 1 is 1.06 bits per heavy atom. The van der Waals surface area contributed by atoms with Crippen molar-refractivity contribution >= 4 is 23.2 Å².